The fourth-order valence-electron chi connectivity index (χ4n) is 2.62. The Morgan fingerprint density at radius 1 is 1.10 bits per heavy atom. The number of thioether (sulfide) groups is 1. The third kappa shape index (κ3) is 6.62. The van der Waals surface area contributed by atoms with E-state index < -0.39 is 0 Å². The number of methoxy groups -OCH3 is 1. The Morgan fingerprint density at radius 2 is 1.90 bits per heavy atom. The van der Waals surface area contributed by atoms with Crippen molar-refractivity contribution in [2.45, 2.75) is 24.7 Å². The Kier molecular flexibility index (Phi) is 8.15. The van der Waals surface area contributed by atoms with Gasteiger partial charge in [0.1, 0.15) is 6.61 Å². The monoisotopic (exact) mass is 433 g/mol. The van der Waals surface area contributed by atoms with E-state index in [9.17, 15) is 0 Å². The summed E-state index contributed by atoms with van der Waals surface area (Å²) in [6, 6.07) is 13.6. The highest BCUT2D eigenvalue weighted by Gasteiger charge is 2.07. The first-order chi connectivity index (χ1) is 14.2. The van der Waals surface area contributed by atoms with Crippen LogP contribution < -0.4 is 14.8 Å². The first kappa shape index (κ1) is 21.4. The van der Waals surface area contributed by atoms with Crippen LogP contribution in [0.2, 0.25) is 5.02 Å². The highest BCUT2D eigenvalue weighted by atomic mass is 35.5. The summed E-state index contributed by atoms with van der Waals surface area (Å²) in [7, 11) is 3.50. The van der Waals surface area contributed by atoms with Crippen molar-refractivity contribution in [2.24, 2.45) is 7.05 Å². The molecule has 0 fully saturated rings. The molecule has 3 rings (SSSR count). The summed E-state index contributed by atoms with van der Waals surface area (Å²) >= 11 is 7.57. The molecule has 3 aromatic rings. The molecule has 0 amide bonds. The van der Waals surface area contributed by atoms with Gasteiger partial charge in [0, 0.05) is 24.4 Å². The Balaban J connectivity index is 1.42. The van der Waals surface area contributed by atoms with Crippen LogP contribution in [0.5, 0.6) is 11.5 Å². The lowest BCUT2D eigenvalue weighted by atomic mass is 10.2. The highest BCUT2D eigenvalue weighted by Crippen LogP contribution is 2.29. The molecule has 0 saturated carbocycles. The molecular weight excluding hydrogens is 410 g/mol. The average molecular weight is 434 g/mol. The largest absolute Gasteiger partial charge is 0.493 e. The minimum atomic E-state index is 0.462. The summed E-state index contributed by atoms with van der Waals surface area (Å²) in [5.41, 5.74) is 2.20. The summed E-state index contributed by atoms with van der Waals surface area (Å²) in [4.78, 5) is 0. The Labute approximate surface area is 179 Å². The van der Waals surface area contributed by atoms with Gasteiger partial charge in [-0.2, -0.15) is 0 Å². The van der Waals surface area contributed by atoms with E-state index in [-0.39, 0.29) is 0 Å². The number of aryl methyl sites for hydroxylation is 1. The molecule has 0 bridgehead atoms. The molecule has 1 heterocycles. The van der Waals surface area contributed by atoms with Crippen LogP contribution in [0.15, 0.2) is 47.6 Å². The van der Waals surface area contributed by atoms with E-state index >= 15 is 0 Å². The third-order valence-corrected chi connectivity index (χ3v) is 5.52. The molecular formula is C20H24ClN5O2S. The molecule has 7 nitrogen and oxygen atoms in total. The number of halogens is 1. The normalized spacial score (nSPS) is 10.9. The van der Waals surface area contributed by atoms with Crippen molar-refractivity contribution in [3.05, 3.63) is 58.6 Å². The first-order valence-electron chi connectivity index (χ1n) is 9.25. The van der Waals surface area contributed by atoms with E-state index in [1.807, 2.05) is 49.5 Å². The van der Waals surface area contributed by atoms with Crippen LogP contribution in [0.3, 0.4) is 0 Å². The van der Waals surface area contributed by atoms with Gasteiger partial charge in [0.25, 0.3) is 0 Å². The van der Waals surface area contributed by atoms with Crippen molar-refractivity contribution in [3.8, 4) is 11.5 Å². The minimum Gasteiger partial charge on any atom is -0.493 e. The smallest absolute Gasteiger partial charge is 0.209 e. The summed E-state index contributed by atoms with van der Waals surface area (Å²) < 4.78 is 13.1. The number of benzene rings is 2. The second-order valence-electron chi connectivity index (χ2n) is 6.36. The number of tetrazole rings is 1. The van der Waals surface area contributed by atoms with Crippen LogP contribution in [-0.4, -0.2) is 39.6 Å². The van der Waals surface area contributed by atoms with Gasteiger partial charge < -0.3 is 14.8 Å². The fourth-order valence-corrected chi connectivity index (χ4v) is 3.53. The van der Waals surface area contributed by atoms with Crippen molar-refractivity contribution in [3.63, 3.8) is 0 Å². The third-order valence-electron chi connectivity index (χ3n) is 4.18. The van der Waals surface area contributed by atoms with E-state index in [0.717, 1.165) is 53.0 Å². The molecule has 29 heavy (non-hydrogen) atoms. The molecule has 0 aliphatic heterocycles. The van der Waals surface area contributed by atoms with Crippen molar-refractivity contribution in [1.29, 1.82) is 0 Å². The van der Waals surface area contributed by atoms with Crippen molar-refractivity contribution < 1.29 is 9.47 Å². The molecule has 9 heteroatoms. The van der Waals surface area contributed by atoms with Crippen molar-refractivity contribution in [2.75, 3.05) is 19.4 Å². The Bertz CT molecular complexity index is 904. The van der Waals surface area contributed by atoms with Crippen LogP contribution in [0, 0.1) is 0 Å². The number of nitrogens with zero attached hydrogens (tertiary/aromatic N) is 4. The molecule has 1 N–H and O–H groups in total. The van der Waals surface area contributed by atoms with Crippen LogP contribution in [-0.2, 0) is 20.2 Å². The van der Waals surface area contributed by atoms with Gasteiger partial charge in [0.15, 0.2) is 11.5 Å². The van der Waals surface area contributed by atoms with Gasteiger partial charge in [-0.05, 0) is 58.8 Å². The maximum absolute atomic E-state index is 5.92. The lowest BCUT2D eigenvalue weighted by molar-refractivity contribution is 0.284. The van der Waals surface area contributed by atoms with Crippen LogP contribution in [0.25, 0.3) is 0 Å². The van der Waals surface area contributed by atoms with E-state index in [4.69, 9.17) is 21.1 Å². The van der Waals surface area contributed by atoms with E-state index in [0.29, 0.717) is 11.6 Å². The number of hydrogen-bond donors (Lipinski definition) is 1. The SMILES string of the molecule is COc1cc(CNCCCSc2nnnn2C)ccc1OCc1ccc(Cl)cc1. The molecule has 0 unspecified atom stereocenters. The summed E-state index contributed by atoms with van der Waals surface area (Å²) in [6.45, 7) is 2.14. The van der Waals surface area contributed by atoms with Gasteiger partial charge in [0.05, 0.1) is 7.11 Å². The first-order valence-corrected chi connectivity index (χ1v) is 10.6. The predicted molar refractivity (Wildman–Crippen MR) is 115 cm³/mol. The zero-order chi connectivity index (χ0) is 20.5. The highest BCUT2D eigenvalue weighted by molar-refractivity contribution is 7.99. The van der Waals surface area contributed by atoms with Gasteiger partial charge in [-0.25, -0.2) is 4.68 Å². The van der Waals surface area contributed by atoms with Crippen LogP contribution >= 0.6 is 23.4 Å². The average Bonchev–Trinajstić information content (AvgIpc) is 3.15. The standard InChI is InChI=1S/C20H24ClN5O2S/c1-26-20(23-24-25-26)29-11-3-10-22-13-16-6-9-18(19(12-16)27-2)28-14-15-4-7-17(21)8-5-15/h4-9,12,22H,3,10-11,13-14H2,1-2H3. The van der Waals surface area contributed by atoms with E-state index in [1.165, 1.54) is 0 Å². The number of hydrogen-bond acceptors (Lipinski definition) is 7. The Hall–Kier alpha value is -2.29. The number of aromatic nitrogens is 4. The summed E-state index contributed by atoms with van der Waals surface area (Å²) in [6.07, 6.45) is 1.02. The second-order valence-corrected chi connectivity index (χ2v) is 7.86. The minimum absolute atomic E-state index is 0.462. The summed E-state index contributed by atoms with van der Waals surface area (Å²) in [5, 5.41) is 16.4. The molecule has 0 spiro atoms. The molecule has 0 aliphatic rings. The molecule has 2 aromatic carbocycles. The predicted octanol–water partition coefficient (Wildman–Crippen LogP) is 3.72. The molecule has 0 radical (unpaired) electrons. The maximum Gasteiger partial charge on any atom is 0.209 e. The molecule has 154 valence electrons. The molecule has 0 saturated heterocycles. The fraction of sp³-hybridized carbons (Fsp3) is 0.350. The van der Waals surface area contributed by atoms with Crippen molar-refractivity contribution >= 4 is 23.4 Å². The maximum atomic E-state index is 5.92. The molecule has 0 aliphatic carbocycles. The number of ether oxygens (including phenoxy) is 2. The van der Waals surface area contributed by atoms with Gasteiger partial charge in [-0.3, -0.25) is 0 Å². The second kappa shape index (κ2) is 11.0. The summed E-state index contributed by atoms with van der Waals surface area (Å²) in [5.74, 6) is 2.41. The Morgan fingerprint density at radius 3 is 2.62 bits per heavy atom. The topological polar surface area (TPSA) is 74.1 Å². The van der Waals surface area contributed by atoms with Crippen LogP contribution in [0.4, 0.5) is 0 Å². The lowest BCUT2D eigenvalue weighted by Gasteiger charge is -2.13. The van der Waals surface area contributed by atoms with Gasteiger partial charge in [0.2, 0.25) is 5.16 Å². The van der Waals surface area contributed by atoms with Gasteiger partial charge >= 0.3 is 0 Å². The number of nitrogens with one attached hydrogen (secondary N) is 1. The lowest BCUT2D eigenvalue weighted by Crippen LogP contribution is -2.15. The van der Waals surface area contributed by atoms with E-state index in [1.54, 1.807) is 23.6 Å². The van der Waals surface area contributed by atoms with E-state index in [2.05, 4.69) is 20.8 Å². The van der Waals surface area contributed by atoms with Gasteiger partial charge in [-0.15, -0.1) is 5.10 Å². The quantitative estimate of drug-likeness (QED) is 0.365. The van der Waals surface area contributed by atoms with Crippen LogP contribution in [0.1, 0.15) is 17.5 Å². The number of rotatable bonds is 11. The van der Waals surface area contributed by atoms with Crippen molar-refractivity contribution in [1.82, 2.24) is 25.5 Å². The van der Waals surface area contributed by atoms with Gasteiger partial charge in [-0.1, -0.05) is 41.6 Å². The zero-order valence-corrected chi connectivity index (χ0v) is 18.0. The zero-order valence-electron chi connectivity index (χ0n) is 16.5. The molecule has 1 aromatic heterocycles. The molecule has 0 atom stereocenters.